The molecule has 0 heterocycles. The molecule has 140 valence electrons. The number of anilines is 1. The average Bonchev–Trinajstić information content (AvgIpc) is 2.64. The fraction of sp³-hybridized carbons (Fsp3) is 0.158. The van der Waals surface area contributed by atoms with Crippen LogP contribution >= 0.6 is 39.1 Å². The number of hydrogen-bond acceptors (Lipinski definition) is 4. The van der Waals surface area contributed by atoms with Crippen LogP contribution in [0.15, 0.2) is 40.4 Å². The number of nitrogens with zero attached hydrogens (tertiary/aromatic N) is 1. The van der Waals surface area contributed by atoms with E-state index in [1.54, 1.807) is 24.3 Å². The molecule has 0 saturated carbocycles. The lowest BCUT2D eigenvalue weighted by atomic mass is 10.1. The van der Waals surface area contributed by atoms with E-state index in [-0.39, 0.29) is 5.57 Å². The van der Waals surface area contributed by atoms with Crippen LogP contribution in [0.1, 0.15) is 12.5 Å². The summed E-state index contributed by atoms with van der Waals surface area (Å²) in [5, 5.41) is 12.7. The van der Waals surface area contributed by atoms with E-state index in [9.17, 15) is 10.1 Å². The van der Waals surface area contributed by atoms with Gasteiger partial charge in [0, 0.05) is 5.02 Å². The van der Waals surface area contributed by atoms with Gasteiger partial charge in [-0.15, -0.1) is 0 Å². The van der Waals surface area contributed by atoms with Crippen LogP contribution in [0.2, 0.25) is 10.0 Å². The molecule has 0 aliphatic heterocycles. The first-order valence-corrected chi connectivity index (χ1v) is 9.33. The molecule has 2 rings (SSSR count). The van der Waals surface area contributed by atoms with Crippen LogP contribution in [-0.2, 0) is 4.79 Å². The van der Waals surface area contributed by atoms with Crippen molar-refractivity contribution < 1.29 is 14.3 Å². The fourth-order valence-electron chi connectivity index (χ4n) is 2.21. The minimum atomic E-state index is -0.606. The molecule has 0 saturated heterocycles. The molecule has 0 unspecified atom stereocenters. The first-order chi connectivity index (χ1) is 12.9. The molecule has 8 heteroatoms. The normalized spacial score (nSPS) is 10.9. The summed E-state index contributed by atoms with van der Waals surface area (Å²) in [6.07, 6.45) is 1.44. The van der Waals surface area contributed by atoms with Crippen molar-refractivity contribution in [3.63, 3.8) is 0 Å². The molecule has 1 N–H and O–H groups in total. The summed E-state index contributed by atoms with van der Waals surface area (Å²) in [7, 11) is 1.51. The molecule has 0 radical (unpaired) electrons. The zero-order valence-electron chi connectivity index (χ0n) is 14.5. The number of benzene rings is 2. The number of hydrogen-bond donors (Lipinski definition) is 1. The Kier molecular flexibility index (Phi) is 7.55. The number of methoxy groups -OCH3 is 1. The topological polar surface area (TPSA) is 71.3 Å². The van der Waals surface area contributed by atoms with E-state index >= 15 is 0 Å². The average molecular weight is 470 g/mol. The van der Waals surface area contributed by atoms with Gasteiger partial charge in [0.2, 0.25) is 0 Å². The van der Waals surface area contributed by atoms with E-state index < -0.39 is 5.91 Å². The fourth-order valence-corrected chi connectivity index (χ4v) is 3.12. The Morgan fingerprint density at radius 3 is 2.70 bits per heavy atom. The van der Waals surface area contributed by atoms with Crippen molar-refractivity contribution in [1.29, 1.82) is 5.26 Å². The van der Waals surface area contributed by atoms with Gasteiger partial charge in [-0.1, -0.05) is 23.2 Å². The Labute approximate surface area is 175 Å². The number of halogens is 3. The highest BCUT2D eigenvalue weighted by molar-refractivity contribution is 9.10. The first kappa shape index (κ1) is 21.1. The molecule has 2 aromatic rings. The predicted octanol–water partition coefficient (Wildman–Crippen LogP) is 5.71. The summed E-state index contributed by atoms with van der Waals surface area (Å²) in [6, 6.07) is 9.95. The molecule has 1 amide bonds. The van der Waals surface area contributed by atoms with Crippen LogP contribution in [0, 0.1) is 11.3 Å². The number of nitriles is 1. The lowest BCUT2D eigenvalue weighted by Gasteiger charge is -2.12. The molecular formula is C19H15BrCl2N2O3. The Bertz CT molecular complexity index is 939. The molecule has 0 bridgehead atoms. The molecule has 0 aliphatic rings. The van der Waals surface area contributed by atoms with Crippen molar-refractivity contribution in [2.24, 2.45) is 0 Å². The molecule has 0 atom stereocenters. The van der Waals surface area contributed by atoms with Gasteiger partial charge in [-0.2, -0.15) is 5.26 Å². The van der Waals surface area contributed by atoms with Crippen LogP contribution in [-0.4, -0.2) is 19.6 Å². The number of ether oxygens (including phenoxy) is 2. The van der Waals surface area contributed by atoms with Gasteiger partial charge in [0.15, 0.2) is 11.5 Å². The van der Waals surface area contributed by atoms with Crippen LogP contribution < -0.4 is 14.8 Å². The highest BCUT2D eigenvalue weighted by atomic mass is 79.9. The summed E-state index contributed by atoms with van der Waals surface area (Å²) in [5.41, 5.74) is 0.802. The largest absolute Gasteiger partial charge is 0.493 e. The maximum atomic E-state index is 12.4. The molecule has 0 fully saturated rings. The van der Waals surface area contributed by atoms with Gasteiger partial charge >= 0.3 is 0 Å². The lowest BCUT2D eigenvalue weighted by Crippen LogP contribution is -2.13. The molecule has 27 heavy (non-hydrogen) atoms. The Morgan fingerprint density at radius 1 is 1.33 bits per heavy atom. The number of carbonyl (C=O) groups is 1. The molecular weight excluding hydrogens is 455 g/mol. The van der Waals surface area contributed by atoms with Crippen LogP contribution in [0.25, 0.3) is 6.08 Å². The summed E-state index contributed by atoms with van der Waals surface area (Å²) >= 11 is 15.4. The summed E-state index contributed by atoms with van der Waals surface area (Å²) in [4.78, 5) is 12.4. The third-order valence-electron chi connectivity index (χ3n) is 3.39. The predicted molar refractivity (Wildman–Crippen MR) is 111 cm³/mol. The smallest absolute Gasteiger partial charge is 0.266 e. The van der Waals surface area contributed by atoms with Crippen molar-refractivity contribution in [3.05, 3.63) is 56.0 Å². The first-order valence-electron chi connectivity index (χ1n) is 7.78. The highest BCUT2D eigenvalue weighted by Gasteiger charge is 2.15. The van der Waals surface area contributed by atoms with E-state index in [1.807, 2.05) is 13.0 Å². The van der Waals surface area contributed by atoms with E-state index in [2.05, 4.69) is 21.2 Å². The summed E-state index contributed by atoms with van der Waals surface area (Å²) in [6.45, 7) is 2.33. The van der Waals surface area contributed by atoms with Gasteiger partial charge in [-0.25, -0.2) is 0 Å². The van der Waals surface area contributed by atoms with Crippen LogP contribution in [0.3, 0.4) is 0 Å². The second-order valence-electron chi connectivity index (χ2n) is 5.22. The highest BCUT2D eigenvalue weighted by Crippen LogP contribution is 2.37. The number of nitrogens with one attached hydrogen (secondary N) is 1. The maximum absolute atomic E-state index is 12.4. The van der Waals surface area contributed by atoms with Gasteiger partial charge in [0.25, 0.3) is 5.91 Å². The zero-order chi connectivity index (χ0) is 20.0. The van der Waals surface area contributed by atoms with E-state index in [1.165, 1.54) is 19.3 Å². The minimum absolute atomic E-state index is 0.107. The van der Waals surface area contributed by atoms with Crippen molar-refractivity contribution in [3.8, 4) is 17.6 Å². The van der Waals surface area contributed by atoms with Crippen LogP contribution in [0.4, 0.5) is 5.69 Å². The molecule has 2 aromatic carbocycles. The summed E-state index contributed by atoms with van der Waals surface area (Å²) in [5.74, 6) is 0.421. The minimum Gasteiger partial charge on any atom is -0.493 e. The third kappa shape index (κ3) is 5.39. The van der Waals surface area contributed by atoms with Crippen molar-refractivity contribution in [2.75, 3.05) is 19.0 Å². The lowest BCUT2D eigenvalue weighted by molar-refractivity contribution is -0.112. The molecule has 0 aliphatic carbocycles. The molecule has 5 nitrogen and oxygen atoms in total. The van der Waals surface area contributed by atoms with Gasteiger partial charge < -0.3 is 14.8 Å². The quantitative estimate of drug-likeness (QED) is 0.434. The van der Waals surface area contributed by atoms with Crippen molar-refractivity contribution >= 4 is 56.8 Å². The SMILES string of the molecule is CCOc1c(Br)cc(/C=C(/C#N)C(=O)Nc2cc(Cl)ccc2Cl)cc1OC. The van der Waals surface area contributed by atoms with Crippen LogP contribution in [0.5, 0.6) is 11.5 Å². The van der Waals surface area contributed by atoms with E-state index in [4.69, 9.17) is 32.7 Å². The third-order valence-corrected chi connectivity index (χ3v) is 4.55. The summed E-state index contributed by atoms with van der Waals surface area (Å²) < 4.78 is 11.5. The number of rotatable bonds is 6. The maximum Gasteiger partial charge on any atom is 0.266 e. The van der Waals surface area contributed by atoms with Crippen molar-refractivity contribution in [1.82, 2.24) is 0 Å². The van der Waals surface area contributed by atoms with Gasteiger partial charge in [-0.05, 0) is 64.8 Å². The van der Waals surface area contributed by atoms with Crippen molar-refractivity contribution in [2.45, 2.75) is 6.92 Å². The molecule has 0 aromatic heterocycles. The Balaban J connectivity index is 2.35. The van der Waals surface area contributed by atoms with Gasteiger partial charge in [0.1, 0.15) is 11.6 Å². The molecule has 0 spiro atoms. The van der Waals surface area contributed by atoms with E-state index in [0.717, 1.165) is 0 Å². The second kappa shape index (κ2) is 9.65. The number of carbonyl (C=O) groups excluding carboxylic acids is 1. The monoisotopic (exact) mass is 468 g/mol. The standard InChI is InChI=1S/C19H15BrCl2N2O3/c1-3-27-18-14(20)7-11(8-17(18)26-2)6-12(10-23)19(25)24-16-9-13(21)4-5-15(16)22/h4-9H,3H2,1-2H3,(H,24,25)/b12-6-. The second-order valence-corrected chi connectivity index (χ2v) is 6.91. The van der Waals surface area contributed by atoms with Gasteiger partial charge in [0.05, 0.1) is 28.9 Å². The Hall–Kier alpha value is -2.20. The van der Waals surface area contributed by atoms with E-state index in [0.29, 0.717) is 43.9 Å². The Morgan fingerprint density at radius 2 is 2.07 bits per heavy atom. The number of amides is 1. The van der Waals surface area contributed by atoms with Gasteiger partial charge in [-0.3, -0.25) is 4.79 Å². The zero-order valence-corrected chi connectivity index (χ0v) is 17.6.